The summed E-state index contributed by atoms with van der Waals surface area (Å²) < 4.78 is 0. The number of hydrogen-bond donors (Lipinski definition) is 1. The van der Waals surface area contributed by atoms with Crippen molar-refractivity contribution in [2.45, 2.75) is 31.6 Å². The zero-order valence-electron chi connectivity index (χ0n) is 11.2. The van der Waals surface area contributed by atoms with Crippen molar-refractivity contribution >= 4 is 28.8 Å². The molecule has 0 radical (unpaired) electrons. The van der Waals surface area contributed by atoms with E-state index >= 15 is 0 Å². The molecule has 0 spiro atoms. The smallest absolute Gasteiger partial charge is 0.0901 e. The van der Waals surface area contributed by atoms with Crippen LogP contribution >= 0.6 is 23.1 Å². The molecule has 1 aliphatic rings. The molecule has 0 aliphatic carbocycles. The Morgan fingerprint density at radius 3 is 2.63 bits per heavy atom. The Kier molecular flexibility index (Phi) is 3.80. The lowest BCUT2D eigenvalue weighted by atomic mass is 10.1. The molecule has 2 atom stereocenters. The number of nitrogens with one attached hydrogen (secondary N) is 1. The Balaban J connectivity index is 1.72. The number of thiazole rings is 1. The molecule has 3 rings (SSSR count). The SMILES string of the molecule is Cc1nc(-c2ccc(NC3CCSC3C)cc2)cs1. The zero-order valence-corrected chi connectivity index (χ0v) is 12.9. The van der Waals surface area contributed by atoms with E-state index in [1.165, 1.54) is 23.4 Å². The Bertz CT molecular complexity index is 548. The van der Waals surface area contributed by atoms with E-state index in [2.05, 4.69) is 58.6 Å². The molecular formula is C15H18N2S2. The Morgan fingerprint density at radius 2 is 2.05 bits per heavy atom. The van der Waals surface area contributed by atoms with Crippen LogP contribution in [0.15, 0.2) is 29.6 Å². The van der Waals surface area contributed by atoms with Crippen LogP contribution in [0.25, 0.3) is 11.3 Å². The van der Waals surface area contributed by atoms with Crippen molar-refractivity contribution in [1.82, 2.24) is 4.98 Å². The van der Waals surface area contributed by atoms with Gasteiger partial charge in [-0.3, -0.25) is 0 Å². The fourth-order valence-electron chi connectivity index (χ4n) is 2.37. The largest absolute Gasteiger partial charge is 0.381 e. The van der Waals surface area contributed by atoms with Crippen LogP contribution in [0.3, 0.4) is 0 Å². The average molecular weight is 290 g/mol. The molecule has 1 N–H and O–H groups in total. The van der Waals surface area contributed by atoms with Crippen LogP contribution < -0.4 is 5.32 Å². The fourth-order valence-corrected chi connectivity index (χ4v) is 4.19. The summed E-state index contributed by atoms with van der Waals surface area (Å²) in [7, 11) is 0. The van der Waals surface area contributed by atoms with Gasteiger partial charge in [-0.1, -0.05) is 19.1 Å². The first-order valence-electron chi connectivity index (χ1n) is 6.63. The van der Waals surface area contributed by atoms with E-state index in [1.807, 2.05) is 6.92 Å². The molecule has 0 bridgehead atoms. The summed E-state index contributed by atoms with van der Waals surface area (Å²) in [6.07, 6.45) is 1.26. The molecule has 1 aromatic carbocycles. The summed E-state index contributed by atoms with van der Waals surface area (Å²) in [5, 5.41) is 7.58. The minimum atomic E-state index is 0.609. The summed E-state index contributed by atoms with van der Waals surface area (Å²) in [5.74, 6) is 1.27. The van der Waals surface area contributed by atoms with E-state index < -0.39 is 0 Å². The topological polar surface area (TPSA) is 24.9 Å². The lowest BCUT2D eigenvalue weighted by molar-refractivity contribution is 0.724. The zero-order chi connectivity index (χ0) is 13.2. The Morgan fingerprint density at radius 1 is 1.26 bits per heavy atom. The molecule has 2 nitrogen and oxygen atoms in total. The fraction of sp³-hybridized carbons (Fsp3) is 0.400. The number of aromatic nitrogens is 1. The Labute approximate surface area is 122 Å². The van der Waals surface area contributed by atoms with Crippen LogP contribution in [0.1, 0.15) is 18.4 Å². The number of aryl methyl sites for hydroxylation is 1. The molecular weight excluding hydrogens is 272 g/mol. The van der Waals surface area contributed by atoms with Gasteiger partial charge in [0.05, 0.1) is 10.7 Å². The maximum Gasteiger partial charge on any atom is 0.0901 e. The molecule has 2 aromatic rings. The molecule has 1 aromatic heterocycles. The van der Waals surface area contributed by atoms with Gasteiger partial charge >= 0.3 is 0 Å². The quantitative estimate of drug-likeness (QED) is 0.905. The molecule has 2 heterocycles. The van der Waals surface area contributed by atoms with Crippen molar-refractivity contribution in [1.29, 1.82) is 0 Å². The third kappa shape index (κ3) is 2.95. The molecule has 100 valence electrons. The number of anilines is 1. The van der Waals surface area contributed by atoms with Gasteiger partial charge in [0.25, 0.3) is 0 Å². The second-order valence-corrected chi connectivity index (χ2v) is 7.49. The minimum absolute atomic E-state index is 0.609. The normalized spacial score (nSPS) is 22.6. The second-order valence-electron chi connectivity index (χ2n) is 4.94. The predicted molar refractivity (Wildman–Crippen MR) is 86.2 cm³/mol. The molecule has 2 unspecified atom stereocenters. The highest BCUT2D eigenvalue weighted by Crippen LogP contribution is 2.29. The van der Waals surface area contributed by atoms with Crippen LogP contribution in [0.5, 0.6) is 0 Å². The first-order chi connectivity index (χ1) is 9.22. The van der Waals surface area contributed by atoms with Gasteiger partial charge in [-0.15, -0.1) is 11.3 Å². The second kappa shape index (κ2) is 5.55. The van der Waals surface area contributed by atoms with Gasteiger partial charge in [-0.05, 0) is 31.2 Å². The number of rotatable bonds is 3. The maximum absolute atomic E-state index is 4.52. The van der Waals surface area contributed by atoms with Gasteiger partial charge in [0.15, 0.2) is 0 Å². The molecule has 1 aliphatic heterocycles. The highest BCUT2D eigenvalue weighted by atomic mass is 32.2. The van der Waals surface area contributed by atoms with Crippen molar-refractivity contribution in [3.05, 3.63) is 34.7 Å². The van der Waals surface area contributed by atoms with Crippen molar-refractivity contribution in [3.8, 4) is 11.3 Å². The van der Waals surface area contributed by atoms with Crippen LogP contribution in [0, 0.1) is 6.92 Å². The third-order valence-electron chi connectivity index (χ3n) is 3.53. The van der Waals surface area contributed by atoms with Crippen molar-refractivity contribution in [2.75, 3.05) is 11.1 Å². The van der Waals surface area contributed by atoms with E-state index in [0.717, 1.165) is 10.7 Å². The molecule has 1 fully saturated rings. The van der Waals surface area contributed by atoms with E-state index in [4.69, 9.17) is 0 Å². The molecule has 1 saturated heterocycles. The van der Waals surface area contributed by atoms with Crippen LogP contribution in [-0.4, -0.2) is 22.0 Å². The van der Waals surface area contributed by atoms with Gasteiger partial charge in [0.2, 0.25) is 0 Å². The van der Waals surface area contributed by atoms with Gasteiger partial charge < -0.3 is 5.32 Å². The first kappa shape index (κ1) is 13.0. The maximum atomic E-state index is 4.52. The summed E-state index contributed by atoms with van der Waals surface area (Å²) >= 11 is 3.76. The van der Waals surface area contributed by atoms with Gasteiger partial charge in [0, 0.05) is 27.9 Å². The highest BCUT2D eigenvalue weighted by molar-refractivity contribution is 8.00. The van der Waals surface area contributed by atoms with Crippen molar-refractivity contribution in [2.24, 2.45) is 0 Å². The third-order valence-corrected chi connectivity index (χ3v) is 5.63. The van der Waals surface area contributed by atoms with Gasteiger partial charge in [-0.2, -0.15) is 11.8 Å². The van der Waals surface area contributed by atoms with Crippen LogP contribution in [0.4, 0.5) is 5.69 Å². The summed E-state index contributed by atoms with van der Waals surface area (Å²) in [4.78, 5) is 4.52. The first-order valence-corrected chi connectivity index (χ1v) is 8.56. The van der Waals surface area contributed by atoms with E-state index in [9.17, 15) is 0 Å². The van der Waals surface area contributed by atoms with Crippen molar-refractivity contribution < 1.29 is 0 Å². The molecule has 0 saturated carbocycles. The molecule has 19 heavy (non-hydrogen) atoms. The monoisotopic (exact) mass is 290 g/mol. The van der Waals surface area contributed by atoms with Crippen LogP contribution in [-0.2, 0) is 0 Å². The lowest BCUT2D eigenvalue weighted by Crippen LogP contribution is -2.24. The predicted octanol–water partition coefficient (Wildman–Crippen LogP) is 4.42. The van der Waals surface area contributed by atoms with E-state index in [-0.39, 0.29) is 0 Å². The van der Waals surface area contributed by atoms with Crippen molar-refractivity contribution in [3.63, 3.8) is 0 Å². The molecule has 4 heteroatoms. The number of nitrogens with zero attached hydrogens (tertiary/aromatic N) is 1. The van der Waals surface area contributed by atoms with E-state index in [1.54, 1.807) is 11.3 Å². The van der Waals surface area contributed by atoms with Gasteiger partial charge in [-0.25, -0.2) is 4.98 Å². The van der Waals surface area contributed by atoms with Crippen LogP contribution in [0.2, 0.25) is 0 Å². The van der Waals surface area contributed by atoms with Gasteiger partial charge in [0.1, 0.15) is 0 Å². The van der Waals surface area contributed by atoms with E-state index in [0.29, 0.717) is 11.3 Å². The number of hydrogen-bond acceptors (Lipinski definition) is 4. The highest BCUT2D eigenvalue weighted by Gasteiger charge is 2.23. The summed E-state index contributed by atoms with van der Waals surface area (Å²) in [6, 6.07) is 9.25. The number of benzene rings is 1. The minimum Gasteiger partial charge on any atom is -0.381 e. The molecule has 0 amide bonds. The summed E-state index contributed by atoms with van der Waals surface area (Å²) in [5.41, 5.74) is 3.50. The number of thioether (sulfide) groups is 1. The lowest BCUT2D eigenvalue weighted by Gasteiger charge is -2.17. The Hall–Kier alpha value is -1.00. The standard InChI is InChI=1S/C15H18N2S2/c1-10-14(7-8-18-10)17-13-5-3-12(4-6-13)15-9-19-11(2)16-15/h3-6,9-10,14,17H,7-8H2,1-2H3. The summed E-state index contributed by atoms with van der Waals surface area (Å²) in [6.45, 7) is 4.35. The average Bonchev–Trinajstić information content (AvgIpc) is 3.00.